The Balaban J connectivity index is 0. The first-order valence-electron chi connectivity index (χ1n) is 1.79. The molecule has 0 atom stereocenters. The highest BCUT2D eigenvalue weighted by Crippen LogP contribution is 1.88. The summed E-state index contributed by atoms with van der Waals surface area (Å²) < 4.78 is 0. The Morgan fingerprint density at radius 2 is 1.17 bits per heavy atom. The van der Waals surface area contributed by atoms with E-state index in [1.807, 2.05) is 20.8 Å². The molecule has 0 heterocycles. The van der Waals surface area contributed by atoms with Gasteiger partial charge in [0.2, 0.25) is 0 Å². The van der Waals surface area contributed by atoms with Crippen LogP contribution in [-0.2, 0) is 0 Å². The highest BCUT2D eigenvalue weighted by Gasteiger charge is 1.95. The predicted molar refractivity (Wildman–Crippen MR) is 29.0 cm³/mol. The molecule has 0 saturated heterocycles. The fourth-order valence-corrected chi connectivity index (χ4v) is 0. The second-order valence-electron chi connectivity index (χ2n) is 2.37. The van der Waals surface area contributed by atoms with E-state index in [1.54, 1.807) is 0 Å². The fourth-order valence-electron chi connectivity index (χ4n) is 0. The Morgan fingerprint density at radius 3 is 1.17 bits per heavy atom. The zero-order chi connectivity index (χ0) is 4.50. The maximum absolute atomic E-state index is 5.35. The van der Waals surface area contributed by atoms with Crippen molar-refractivity contribution in [1.82, 2.24) is 6.15 Å². The maximum Gasteiger partial charge on any atom is 0.00686 e. The first-order chi connectivity index (χ1) is 2.00. The second kappa shape index (κ2) is 2.16. The zero-order valence-corrected chi connectivity index (χ0v) is 4.78. The summed E-state index contributed by atoms with van der Waals surface area (Å²) in [5.74, 6) is 0. The summed E-state index contributed by atoms with van der Waals surface area (Å²) in [4.78, 5) is 0. The van der Waals surface area contributed by atoms with Crippen LogP contribution in [-0.4, -0.2) is 5.54 Å². The van der Waals surface area contributed by atoms with Gasteiger partial charge in [-0.05, 0) is 20.8 Å². The van der Waals surface area contributed by atoms with Gasteiger partial charge in [0.15, 0.2) is 0 Å². The fraction of sp³-hybridized carbons (Fsp3) is 1.00. The molecule has 0 aliphatic heterocycles. The van der Waals surface area contributed by atoms with Gasteiger partial charge >= 0.3 is 0 Å². The molecule has 0 aromatic heterocycles. The van der Waals surface area contributed by atoms with Crippen molar-refractivity contribution in [2.45, 2.75) is 26.3 Å². The molecule has 0 aromatic carbocycles. The van der Waals surface area contributed by atoms with E-state index < -0.39 is 0 Å². The van der Waals surface area contributed by atoms with Crippen LogP contribution in [0, 0.1) is 0 Å². The molecule has 0 aliphatic carbocycles. The lowest BCUT2D eigenvalue weighted by Gasteiger charge is -2.06. The van der Waals surface area contributed by atoms with Gasteiger partial charge in [-0.2, -0.15) is 0 Å². The van der Waals surface area contributed by atoms with Crippen molar-refractivity contribution in [1.29, 1.82) is 0 Å². The van der Waals surface area contributed by atoms with Crippen LogP contribution < -0.4 is 11.9 Å². The van der Waals surface area contributed by atoms with Gasteiger partial charge < -0.3 is 11.9 Å². The predicted octanol–water partition coefficient (Wildman–Crippen LogP) is 0.906. The highest BCUT2D eigenvalue weighted by atomic mass is 14.7. The van der Waals surface area contributed by atoms with Gasteiger partial charge in [0.25, 0.3) is 0 Å². The monoisotopic (exact) mass is 90.1 g/mol. The molecule has 2 heteroatoms. The molecule has 0 unspecified atom stereocenters. The zero-order valence-electron chi connectivity index (χ0n) is 4.78. The van der Waals surface area contributed by atoms with Crippen molar-refractivity contribution in [3.05, 3.63) is 0 Å². The molecule has 5 N–H and O–H groups in total. The molecule has 0 aromatic rings. The molecule has 0 spiro atoms. The molecule has 40 valence electrons. The Labute approximate surface area is 39.3 Å². The minimum Gasteiger partial charge on any atom is -0.344 e. The number of hydrogen-bond acceptors (Lipinski definition) is 2. The summed E-state index contributed by atoms with van der Waals surface area (Å²) >= 11 is 0. The molecule has 0 fully saturated rings. The Bertz CT molecular complexity index is 21.0. The van der Waals surface area contributed by atoms with Crippen molar-refractivity contribution in [2.75, 3.05) is 0 Å². The Hall–Kier alpha value is -0.0800. The van der Waals surface area contributed by atoms with Crippen LogP contribution >= 0.6 is 0 Å². The summed E-state index contributed by atoms with van der Waals surface area (Å²) in [7, 11) is 0. The maximum atomic E-state index is 5.35. The third kappa shape index (κ3) is 5220. The van der Waals surface area contributed by atoms with E-state index in [0.29, 0.717) is 0 Å². The van der Waals surface area contributed by atoms with Gasteiger partial charge in [0.05, 0.1) is 0 Å². The summed E-state index contributed by atoms with van der Waals surface area (Å²) in [5, 5.41) is 0. The van der Waals surface area contributed by atoms with Gasteiger partial charge in [-0.3, -0.25) is 0 Å². The van der Waals surface area contributed by atoms with Gasteiger partial charge in [-0.25, -0.2) is 0 Å². The van der Waals surface area contributed by atoms with Crippen molar-refractivity contribution in [3.8, 4) is 0 Å². The number of rotatable bonds is 0. The second-order valence-corrected chi connectivity index (χ2v) is 2.37. The first-order valence-corrected chi connectivity index (χ1v) is 1.79. The molecule has 6 heavy (non-hydrogen) atoms. The average Bonchev–Trinajstić information content (AvgIpc) is 0.722. The van der Waals surface area contributed by atoms with Crippen LogP contribution in [0.3, 0.4) is 0 Å². The molecular formula is C4H14N2. The molecule has 2 nitrogen and oxygen atoms in total. The molecular weight excluding hydrogens is 76.1 g/mol. The standard InChI is InChI=1S/C4H11N.H3N/c1-4(2,3)5;/h5H2,1-3H3;1H3. The lowest BCUT2D eigenvalue weighted by atomic mass is 10.1. The van der Waals surface area contributed by atoms with Crippen LogP contribution in [0.5, 0.6) is 0 Å². The van der Waals surface area contributed by atoms with Crippen LogP contribution in [0.1, 0.15) is 20.8 Å². The van der Waals surface area contributed by atoms with E-state index in [0.717, 1.165) is 0 Å². The van der Waals surface area contributed by atoms with Crippen LogP contribution in [0.25, 0.3) is 0 Å². The minimum absolute atomic E-state index is 0. The quantitative estimate of drug-likeness (QED) is 0.464. The Morgan fingerprint density at radius 1 is 1.17 bits per heavy atom. The normalized spacial score (nSPS) is 10.0. The summed E-state index contributed by atoms with van der Waals surface area (Å²) in [6.07, 6.45) is 0. The van der Waals surface area contributed by atoms with Crippen molar-refractivity contribution in [3.63, 3.8) is 0 Å². The number of nitrogens with two attached hydrogens (primary N) is 1. The first kappa shape index (κ1) is 9.33. The van der Waals surface area contributed by atoms with Crippen LogP contribution in [0.4, 0.5) is 0 Å². The van der Waals surface area contributed by atoms with Gasteiger partial charge in [-0.15, -0.1) is 0 Å². The van der Waals surface area contributed by atoms with E-state index >= 15 is 0 Å². The summed E-state index contributed by atoms with van der Waals surface area (Å²) in [5.41, 5.74) is 5.35. The largest absolute Gasteiger partial charge is 0.344 e. The van der Waals surface area contributed by atoms with Crippen LogP contribution in [0.15, 0.2) is 0 Å². The third-order valence-corrected chi connectivity index (χ3v) is 0. The van der Waals surface area contributed by atoms with Gasteiger partial charge in [0.1, 0.15) is 0 Å². The Kier molecular flexibility index (Phi) is 3.35. The van der Waals surface area contributed by atoms with E-state index in [1.165, 1.54) is 0 Å². The van der Waals surface area contributed by atoms with E-state index in [9.17, 15) is 0 Å². The summed E-state index contributed by atoms with van der Waals surface area (Å²) in [6.45, 7) is 5.90. The average molecular weight is 90.2 g/mol. The molecule has 0 radical (unpaired) electrons. The van der Waals surface area contributed by atoms with Crippen molar-refractivity contribution < 1.29 is 0 Å². The van der Waals surface area contributed by atoms with Gasteiger partial charge in [0, 0.05) is 5.54 Å². The molecule has 0 saturated carbocycles. The van der Waals surface area contributed by atoms with E-state index in [4.69, 9.17) is 5.73 Å². The smallest absolute Gasteiger partial charge is 0.00686 e. The van der Waals surface area contributed by atoms with Crippen LogP contribution in [0.2, 0.25) is 0 Å². The highest BCUT2D eigenvalue weighted by molar-refractivity contribution is 4.60. The topological polar surface area (TPSA) is 61.0 Å². The molecule has 0 bridgehead atoms. The van der Waals surface area contributed by atoms with Gasteiger partial charge in [-0.1, -0.05) is 0 Å². The number of hydrogen-bond donors (Lipinski definition) is 2. The lowest BCUT2D eigenvalue weighted by molar-refractivity contribution is 0.580. The van der Waals surface area contributed by atoms with E-state index in [-0.39, 0.29) is 11.7 Å². The molecule has 0 aliphatic rings. The summed E-state index contributed by atoms with van der Waals surface area (Å²) in [6, 6.07) is 0. The molecule has 0 rings (SSSR count). The minimum atomic E-state index is 0. The van der Waals surface area contributed by atoms with Crippen molar-refractivity contribution in [2.24, 2.45) is 5.73 Å². The lowest BCUT2D eigenvalue weighted by Crippen LogP contribution is -2.26. The van der Waals surface area contributed by atoms with E-state index in [2.05, 4.69) is 0 Å². The third-order valence-electron chi connectivity index (χ3n) is 0. The SMILES string of the molecule is CC(C)(C)N.N. The molecule has 0 amide bonds. The van der Waals surface area contributed by atoms with Crippen molar-refractivity contribution >= 4 is 0 Å².